The number of aromatic nitrogens is 2. The Labute approximate surface area is 147 Å². The molecule has 5 heteroatoms. The number of benzene rings is 2. The molecule has 126 valence electrons. The Hall–Kier alpha value is -3.21. The second-order valence-electron chi connectivity index (χ2n) is 5.94. The summed E-state index contributed by atoms with van der Waals surface area (Å²) in [6.07, 6.45) is 3.04. The molecule has 1 aromatic heterocycles. The van der Waals surface area contributed by atoms with Crippen molar-refractivity contribution in [3.63, 3.8) is 0 Å². The maximum Gasteiger partial charge on any atom is 0.258 e. The van der Waals surface area contributed by atoms with Crippen molar-refractivity contribution in [1.82, 2.24) is 9.97 Å². The third kappa shape index (κ3) is 3.83. The molecule has 0 atom stereocenters. The monoisotopic (exact) mass is 332 g/mol. The smallest absolute Gasteiger partial charge is 0.258 e. The van der Waals surface area contributed by atoms with E-state index in [1.807, 2.05) is 50.2 Å². The van der Waals surface area contributed by atoms with Gasteiger partial charge in [0.15, 0.2) is 0 Å². The Bertz CT molecular complexity index is 904. The maximum atomic E-state index is 12.3. The zero-order valence-electron chi connectivity index (χ0n) is 14.5. The van der Waals surface area contributed by atoms with E-state index in [0.29, 0.717) is 11.5 Å². The fourth-order valence-electron chi connectivity index (χ4n) is 2.42. The summed E-state index contributed by atoms with van der Waals surface area (Å²) < 4.78 is 0. The van der Waals surface area contributed by atoms with Crippen molar-refractivity contribution in [1.29, 1.82) is 0 Å². The van der Waals surface area contributed by atoms with E-state index >= 15 is 0 Å². The van der Waals surface area contributed by atoms with E-state index in [9.17, 15) is 4.79 Å². The van der Waals surface area contributed by atoms with Crippen LogP contribution in [0.1, 0.15) is 27.0 Å². The molecule has 0 unspecified atom stereocenters. The van der Waals surface area contributed by atoms with Crippen LogP contribution in [-0.4, -0.2) is 15.9 Å². The molecular formula is C20H20N4O. The maximum absolute atomic E-state index is 12.3. The first-order valence-corrected chi connectivity index (χ1v) is 8.07. The summed E-state index contributed by atoms with van der Waals surface area (Å²) in [5.41, 5.74) is 5.49. The Morgan fingerprint density at radius 1 is 0.840 bits per heavy atom. The first-order valence-electron chi connectivity index (χ1n) is 8.07. The van der Waals surface area contributed by atoms with E-state index in [0.717, 1.165) is 22.5 Å². The zero-order valence-corrected chi connectivity index (χ0v) is 14.5. The van der Waals surface area contributed by atoms with E-state index in [-0.39, 0.29) is 5.91 Å². The molecule has 0 spiro atoms. The average Bonchev–Trinajstić information content (AvgIpc) is 2.61. The number of carbonyl (C=O) groups is 1. The summed E-state index contributed by atoms with van der Waals surface area (Å²) in [4.78, 5) is 20.8. The third-order valence-electron chi connectivity index (χ3n) is 4.16. The molecule has 25 heavy (non-hydrogen) atoms. The summed E-state index contributed by atoms with van der Waals surface area (Å²) in [7, 11) is 0. The molecule has 0 aliphatic carbocycles. The van der Waals surface area contributed by atoms with Gasteiger partial charge in [-0.2, -0.15) is 0 Å². The number of hydrogen-bond donors (Lipinski definition) is 2. The lowest BCUT2D eigenvalue weighted by Crippen LogP contribution is -2.13. The number of nitrogens with one attached hydrogen (secondary N) is 2. The molecule has 2 aromatic carbocycles. The summed E-state index contributed by atoms with van der Waals surface area (Å²) >= 11 is 0. The molecule has 0 fully saturated rings. The Morgan fingerprint density at radius 3 is 2.20 bits per heavy atom. The Kier molecular flexibility index (Phi) is 4.75. The summed E-state index contributed by atoms with van der Waals surface area (Å²) in [6.45, 7) is 6.05. The van der Waals surface area contributed by atoms with Crippen LogP contribution in [-0.2, 0) is 0 Å². The van der Waals surface area contributed by atoms with Crippen molar-refractivity contribution < 1.29 is 4.79 Å². The predicted octanol–water partition coefficient (Wildman–Crippen LogP) is 4.40. The molecule has 0 saturated heterocycles. The van der Waals surface area contributed by atoms with Gasteiger partial charge in [0.2, 0.25) is 5.95 Å². The lowest BCUT2D eigenvalue weighted by atomic mass is 10.1. The number of para-hydroxylation sites is 1. The third-order valence-corrected chi connectivity index (χ3v) is 4.16. The van der Waals surface area contributed by atoms with Gasteiger partial charge in [0.05, 0.1) is 5.56 Å². The molecular weight excluding hydrogens is 312 g/mol. The van der Waals surface area contributed by atoms with Gasteiger partial charge in [-0.25, -0.2) is 9.97 Å². The van der Waals surface area contributed by atoms with E-state index in [4.69, 9.17) is 0 Å². The highest BCUT2D eigenvalue weighted by atomic mass is 16.1. The van der Waals surface area contributed by atoms with Crippen LogP contribution in [0.15, 0.2) is 54.9 Å². The summed E-state index contributed by atoms with van der Waals surface area (Å²) in [5.74, 6) is 0.230. The van der Waals surface area contributed by atoms with Crippen molar-refractivity contribution in [2.45, 2.75) is 20.8 Å². The van der Waals surface area contributed by atoms with Gasteiger partial charge in [0.25, 0.3) is 5.91 Å². The lowest BCUT2D eigenvalue weighted by Gasteiger charge is -2.11. The summed E-state index contributed by atoms with van der Waals surface area (Å²) in [6, 6.07) is 13.6. The molecule has 3 rings (SSSR count). The number of carbonyl (C=O) groups excluding carboxylic acids is 1. The minimum atomic E-state index is -0.229. The van der Waals surface area contributed by atoms with Gasteiger partial charge >= 0.3 is 0 Å². The van der Waals surface area contributed by atoms with E-state index in [2.05, 4.69) is 33.6 Å². The highest BCUT2D eigenvalue weighted by Gasteiger charge is 2.09. The van der Waals surface area contributed by atoms with E-state index in [1.165, 1.54) is 18.0 Å². The van der Waals surface area contributed by atoms with Crippen molar-refractivity contribution in [3.05, 3.63) is 77.1 Å². The van der Waals surface area contributed by atoms with Crippen LogP contribution >= 0.6 is 0 Å². The number of anilines is 3. The largest absolute Gasteiger partial charge is 0.324 e. The molecule has 1 heterocycles. The van der Waals surface area contributed by atoms with Crippen molar-refractivity contribution >= 4 is 23.2 Å². The number of aryl methyl sites for hydroxylation is 2. The highest BCUT2D eigenvalue weighted by molar-refractivity contribution is 6.04. The van der Waals surface area contributed by atoms with Crippen molar-refractivity contribution in [3.8, 4) is 0 Å². The second kappa shape index (κ2) is 7.13. The molecule has 1 amide bonds. The van der Waals surface area contributed by atoms with Crippen LogP contribution < -0.4 is 10.6 Å². The molecule has 0 bridgehead atoms. The molecule has 0 aliphatic rings. The molecule has 0 saturated carbocycles. The number of hydrogen-bond acceptors (Lipinski definition) is 4. The average molecular weight is 332 g/mol. The van der Waals surface area contributed by atoms with Gasteiger partial charge in [-0.15, -0.1) is 0 Å². The highest BCUT2D eigenvalue weighted by Crippen LogP contribution is 2.21. The van der Waals surface area contributed by atoms with Crippen molar-refractivity contribution in [2.24, 2.45) is 0 Å². The minimum absolute atomic E-state index is 0.229. The van der Waals surface area contributed by atoms with Crippen LogP contribution in [0.3, 0.4) is 0 Å². The predicted molar refractivity (Wildman–Crippen MR) is 100 cm³/mol. The molecule has 2 N–H and O–H groups in total. The molecule has 5 nitrogen and oxygen atoms in total. The van der Waals surface area contributed by atoms with Gasteiger partial charge in [0, 0.05) is 23.8 Å². The SMILES string of the molecule is Cc1ccccc1NC(=O)c1cnc(Nc2cccc(C)c2C)nc1. The topological polar surface area (TPSA) is 66.9 Å². The first kappa shape index (κ1) is 16.6. The zero-order chi connectivity index (χ0) is 17.8. The van der Waals surface area contributed by atoms with Crippen LogP contribution in [0.5, 0.6) is 0 Å². The number of rotatable bonds is 4. The Morgan fingerprint density at radius 2 is 1.48 bits per heavy atom. The fourth-order valence-corrected chi connectivity index (χ4v) is 2.42. The fraction of sp³-hybridized carbons (Fsp3) is 0.150. The molecule has 0 aliphatic heterocycles. The van der Waals surface area contributed by atoms with E-state index < -0.39 is 0 Å². The Balaban J connectivity index is 1.73. The molecule has 3 aromatic rings. The van der Waals surface area contributed by atoms with Gasteiger partial charge in [-0.1, -0.05) is 30.3 Å². The van der Waals surface area contributed by atoms with E-state index in [1.54, 1.807) is 0 Å². The van der Waals surface area contributed by atoms with Gasteiger partial charge in [-0.3, -0.25) is 4.79 Å². The lowest BCUT2D eigenvalue weighted by molar-refractivity contribution is 0.102. The summed E-state index contributed by atoms with van der Waals surface area (Å²) in [5, 5.41) is 6.06. The van der Waals surface area contributed by atoms with Gasteiger partial charge in [0.1, 0.15) is 0 Å². The number of amides is 1. The van der Waals surface area contributed by atoms with Gasteiger partial charge < -0.3 is 10.6 Å². The first-order chi connectivity index (χ1) is 12.0. The van der Waals surface area contributed by atoms with Crippen molar-refractivity contribution in [2.75, 3.05) is 10.6 Å². The second-order valence-corrected chi connectivity index (χ2v) is 5.94. The minimum Gasteiger partial charge on any atom is -0.324 e. The quantitative estimate of drug-likeness (QED) is 0.743. The normalized spacial score (nSPS) is 10.4. The van der Waals surface area contributed by atoms with Crippen LogP contribution in [0.4, 0.5) is 17.3 Å². The molecule has 0 radical (unpaired) electrons. The van der Waals surface area contributed by atoms with Crippen LogP contribution in [0, 0.1) is 20.8 Å². The number of nitrogens with zero attached hydrogens (tertiary/aromatic N) is 2. The standard InChI is InChI=1S/C20H20N4O/c1-13-8-6-10-18(15(13)3)24-20-21-11-16(12-22-20)19(25)23-17-9-5-4-7-14(17)2/h4-12H,1-3H3,(H,23,25)(H,21,22,24). The van der Waals surface area contributed by atoms with Crippen LogP contribution in [0.2, 0.25) is 0 Å². The van der Waals surface area contributed by atoms with Crippen LogP contribution in [0.25, 0.3) is 0 Å². The van der Waals surface area contributed by atoms with Gasteiger partial charge in [-0.05, 0) is 49.6 Å².